The fraction of sp³-hybridized carbons (Fsp3) is 0.286. The third kappa shape index (κ3) is 5.17. The van der Waals surface area contributed by atoms with E-state index in [0.29, 0.717) is 59.3 Å². The lowest BCUT2D eigenvalue weighted by atomic mass is 10.2. The number of thioether (sulfide) groups is 1. The van der Waals surface area contributed by atoms with Crippen LogP contribution in [-0.2, 0) is 11.3 Å². The molecule has 1 saturated heterocycles. The van der Waals surface area contributed by atoms with E-state index in [2.05, 4.69) is 15.1 Å². The number of carbonyl (C=O) groups excluding carboxylic acids is 1. The van der Waals surface area contributed by atoms with Gasteiger partial charge in [0.1, 0.15) is 5.82 Å². The molecule has 3 aromatic rings. The Morgan fingerprint density at radius 2 is 1.78 bits per heavy atom. The number of rotatable bonds is 6. The highest BCUT2D eigenvalue weighted by molar-refractivity contribution is 7.99. The van der Waals surface area contributed by atoms with E-state index in [1.807, 2.05) is 12.1 Å². The average Bonchev–Trinajstić information content (AvgIpc) is 3.16. The number of carbonyl (C=O) groups is 1. The van der Waals surface area contributed by atoms with Gasteiger partial charge in [-0.25, -0.2) is 9.07 Å². The number of amides is 1. The summed E-state index contributed by atoms with van der Waals surface area (Å²) in [4.78, 5) is 16.6. The van der Waals surface area contributed by atoms with E-state index in [0.717, 1.165) is 5.56 Å². The first-order chi connectivity index (χ1) is 15.4. The second-order valence-electron chi connectivity index (χ2n) is 7.33. The van der Waals surface area contributed by atoms with Crippen molar-refractivity contribution < 1.29 is 9.18 Å². The van der Waals surface area contributed by atoms with Gasteiger partial charge in [-0.2, -0.15) is 0 Å². The molecule has 2 heterocycles. The Kier molecular flexibility index (Phi) is 7.20. The highest BCUT2D eigenvalue weighted by Crippen LogP contribution is 2.24. The minimum absolute atomic E-state index is 0.00498. The summed E-state index contributed by atoms with van der Waals surface area (Å²) in [5.41, 5.74) is 1.27. The molecule has 1 aliphatic heterocycles. The predicted molar refractivity (Wildman–Crippen MR) is 125 cm³/mol. The molecule has 1 amide bonds. The maximum Gasteiger partial charge on any atom is 0.233 e. The van der Waals surface area contributed by atoms with Gasteiger partial charge in [-0.3, -0.25) is 9.69 Å². The Hall–Kier alpha value is -2.33. The molecule has 2 N–H and O–H groups in total. The van der Waals surface area contributed by atoms with Crippen molar-refractivity contribution in [2.24, 2.45) is 0 Å². The van der Waals surface area contributed by atoms with Crippen molar-refractivity contribution in [3.63, 3.8) is 0 Å². The Bertz CT molecular complexity index is 1080. The van der Waals surface area contributed by atoms with Crippen LogP contribution in [-0.4, -0.2) is 62.5 Å². The normalized spacial score (nSPS) is 14.7. The zero-order valence-corrected chi connectivity index (χ0v) is 19.4. The number of nitrogen functional groups attached to an aromatic ring is 1. The van der Waals surface area contributed by atoms with E-state index in [1.54, 1.807) is 29.2 Å². The van der Waals surface area contributed by atoms with Crippen LogP contribution in [0.3, 0.4) is 0 Å². The van der Waals surface area contributed by atoms with Gasteiger partial charge in [-0.05, 0) is 36.4 Å². The van der Waals surface area contributed by atoms with Crippen LogP contribution >= 0.6 is 35.0 Å². The fourth-order valence-electron chi connectivity index (χ4n) is 3.45. The van der Waals surface area contributed by atoms with Gasteiger partial charge >= 0.3 is 0 Å². The Morgan fingerprint density at radius 3 is 2.47 bits per heavy atom. The summed E-state index contributed by atoms with van der Waals surface area (Å²) in [6.45, 7) is 2.85. The maximum absolute atomic E-state index is 14.0. The number of aromatic nitrogens is 3. The van der Waals surface area contributed by atoms with Gasteiger partial charge in [0.2, 0.25) is 11.1 Å². The Balaban J connectivity index is 1.29. The van der Waals surface area contributed by atoms with Crippen molar-refractivity contribution in [1.82, 2.24) is 24.7 Å². The molecule has 2 aromatic carbocycles. The largest absolute Gasteiger partial charge is 0.339 e. The molecule has 4 rings (SSSR count). The summed E-state index contributed by atoms with van der Waals surface area (Å²) in [6, 6.07) is 11.8. The monoisotopic (exact) mass is 494 g/mol. The molecule has 1 aromatic heterocycles. The Labute approximate surface area is 199 Å². The molecule has 11 heteroatoms. The van der Waals surface area contributed by atoms with Gasteiger partial charge in [0.25, 0.3) is 0 Å². The molecule has 0 radical (unpaired) electrons. The number of hydrogen-bond acceptors (Lipinski definition) is 6. The summed E-state index contributed by atoms with van der Waals surface area (Å²) in [5, 5.41) is 9.71. The molecule has 1 fully saturated rings. The molecule has 0 spiro atoms. The number of benzene rings is 2. The zero-order valence-electron chi connectivity index (χ0n) is 17.0. The standard InChI is InChI=1S/C21H21Cl2FN6OS/c22-15-6-4-14(5-7-15)20-26-27-21(30(20)25)32-13-19(31)29-10-8-28(9-11-29)12-16-17(23)2-1-3-18(16)24/h1-7H,8-13,25H2. The molecule has 0 bridgehead atoms. The van der Waals surface area contributed by atoms with Gasteiger partial charge < -0.3 is 10.7 Å². The topological polar surface area (TPSA) is 80.3 Å². The van der Waals surface area contributed by atoms with Crippen molar-refractivity contribution in [2.75, 3.05) is 37.8 Å². The average molecular weight is 495 g/mol. The van der Waals surface area contributed by atoms with E-state index < -0.39 is 0 Å². The molecule has 1 aliphatic rings. The summed E-state index contributed by atoms with van der Waals surface area (Å²) in [7, 11) is 0. The SMILES string of the molecule is Nn1c(SCC(=O)N2CCN(Cc3c(F)cccc3Cl)CC2)nnc1-c1ccc(Cl)cc1. The van der Waals surface area contributed by atoms with Crippen molar-refractivity contribution in [3.8, 4) is 11.4 Å². The van der Waals surface area contributed by atoms with Crippen LogP contribution in [0.4, 0.5) is 4.39 Å². The van der Waals surface area contributed by atoms with Gasteiger partial charge in [0, 0.05) is 53.9 Å². The number of hydrogen-bond donors (Lipinski definition) is 1. The van der Waals surface area contributed by atoms with Crippen molar-refractivity contribution in [3.05, 3.63) is 63.9 Å². The Morgan fingerprint density at radius 1 is 1.06 bits per heavy atom. The van der Waals surface area contributed by atoms with Crippen LogP contribution in [0.2, 0.25) is 10.0 Å². The van der Waals surface area contributed by atoms with E-state index in [4.69, 9.17) is 29.0 Å². The molecule has 0 saturated carbocycles. The van der Waals surface area contributed by atoms with E-state index in [-0.39, 0.29) is 17.5 Å². The number of piperazine rings is 1. The third-order valence-electron chi connectivity index (χ3n) is 5.26. The van der Waals surface area contributed by atoms with Crippen LogP contribution in [0, 0.1) is 5.82 Å². The molecular weight excluding hydrogens is 474 g/mol. The molecular formula is C21H21Cl2FN6OS. The van der Waals surface area contributed by atoms with Crippen LogP contribution in [0.15, 0.2) is 47.6 Å². The van der Waals surface area contributed by atoms with Crippen molar-refractivity contribution >= 4 is 40.9 Å². The van der Waals surface area contributed by atoms with Crippen LogP contribution < -0.4 is 5.84 Å². The van der Waals surface area contributed by atoms with Gasteiger partial charge in [0.05, 0.1) is 5.75 Å². The maximum atomic E-state index is 14.0. The number of nitrogens with two attached hydrogens (primary N) is 1. The molecule has 168 valence electrons. The fourth-order valence-corrected chi connectivity index (χ4v) is 4.56. The summed E-state index contributed by atoms with van der Waals surface area (Å²) in [6.07, 6.45) is 0. The second kappa shape index (κ2) is 10.1. The lowest BCUT2D eigenvalue weighted by molar-refractivity contribution is -0.130. The summed E-state index contributed by atoms with van der Waals surface area (Å²) in [5.74, 6) is 6.51. The van der Waals surface area contributed by atoms with E-state index >= 15 is 0 Å². The quantitative estimate of drug-likeness (QED) is 0.416. The first-order valence-corrected chi connectivity index (χ1v) is 11.7. The second-order valence-corrected chi connectivity index (χ2v) is 9.12. The highest BCUT2D eigenvalue weighted by Gasteiger charge is 2.23. The first-order valence-electron chi connectivity index (χ1n) is 9.94. The molecule has 0 atom stereocenters. The molecule has 0 unspecified atom stereocenters. The van der Waals surface area contributed by atoms with Crippen molar-refractivity contribution in [1.29, 1.82) is 0 Å². The minimum atomic E-state index is -0.309. The lowest BCUT2D eigenvalue weighted by Gasteiger charge is -2.34. The van der Waals surface area contributed by atoms with E-state index in [9.17, 15) is 9.18 Å². The van der Waals surface area contributed by atoms with E-state index in [1.165, 1.54) is 22.5 Å². The van der Waals surface area contributed by atoms with Crippen LogP contribution in [0.5, 0.6) is 0 Å². The van der Waals surface area contributed by atoms with Crippen LogP contribution in [0.25, 0.3) is 11.4 Å². The molecule has 0 aliphatic carbocycles. The van der Waals surface area contributed by atoms with Gasteiger partial charge in [-0.15, -0.1) is 10.2 Å². The van der Waals surface area contributed by atoms with Gasteiger partial charge in [0.15, 0.2) is 5.82 Å². The lowest BCUT2D eigenvalue weighted by Crippen LogP contribution is -2.48. The third-order valence-corrected chi connectivity index (χ3v) is 6.79. The predicted octanol–water partition coefficient (Wildman–Crippen LogP) is 3.54. The zero-order chi connectivity index (χ0) is 22.7. The molecule has 32 heavy (non-hydrogen) atoms. The first kappa shape index (κ1) is 22.8. The summed E-state index contributed by atoms with van der Waals surface area (Å²) < 4.78 is 15.4. The highest BCUT2D eigenvalue weighted by atomic mass is 35.5. The molecule has 7 nitrogen and oxygen atoms in total. The van der Waals surface area contributed by atoms with Gasteiger partial charge in [-0.1, -0.05) is 41.0 Å². The number of halogens is 3. The number of nitrogens with zero attached hydrogens (tertiary/aromatic N) is 5. The smallest absolute Gasteiger partial charge is 0.233 e. The minimum Gasteiger partial charge on any atom is -0.339 e. The van der Waals surface area contributed by atoms with Crippen molar-refractivity contribution in [2.45, 2.75) is 11.7 Å². The summed E-state index contributed by atoms with van der Waals surface area (Å²) >= 11 is 13.3. The van der Waals surface area contributed by atoms with Crippen LogP contribution in [0.1, 0.15) is 5.56 Å².